The quantitative estimate of drug-likeness (QED) is 0.839. The number of hydrogen-bond donors (Lipinski definition) is 2. The molecular formula is C15H18BrN3O2. The van der Waals surface area contributed by atoms with E-state index in [0.717, 1.165) is 21.6 Å². The summed E-state index contributed by atoms with van der Waals surface area (Å²) in [5.41, 5.74) is 2.01. The van der Waals surface area contributed by atoms with Crippen LogP contribution in [0.2, 0.25) is 0 Å². The molecule has 1 atom stereocenters. The molecule has 112 valence electrons. The van der Waals surface area contributed by atoms with Crippen LogP contribution in [-0.2, 0) is 11.3 Å². The molecular weight excluding hydrogens is 334 g/mol. The van der Waals surface area contributed by atoms with Crippen LogP contribution in [0.3, 0.4) is 0 Å². The summed E-state index contributed by atoms with van der Waals surface area (Å²) in [6.45, 7) is 2.78. The van der Waals surface area contributed by atoms with Gasteiger partial charge < -0.3 is 10.1 Å². The molecule has 0 fully saturated rings. The number of benzene rings is 1. The topological polar surface area (TPSA) is 69.2 Å². The maximum absolute atomic E-state index is 10.9. The minimum absolute atomic E-state index is 0.394. The van der Waals surface area contributed by atoms with Crippen molar-refractivity contribution in [2.24, 2.45) is 5.92 Å². The van der Waals surface area contributed by atoms with E-state index in [4.69, 9.17) is 5.11 Å². The van der Waals surface area contributed by atoms with Crippen molar-refractivity contribution in [1.29, 1.82) is 0 Å². The van der Waals surface area contributed by atoms with Crippen molar-refractivity contribution in [3.63, 3.8) is 0 Å². The van der Waals surface area contributed by atoms with Crippen LogP contribution in [0.1, 0.15) is 12.7 Å². The highest BCUT2D eigenvalue weighted by atomic mass is 79.9. The van der Waals surface area contributed by atoms with Crippen LogP contribution in [0.25, 0.3) is 11.3 Å². The van der Waals surface area contributed by atoms with E-state index in [1.54, 1.807) is 13.1 Å². The first kappa shape index (κ1) is 15.7. The maximum Gasteiger partial charge on any atom is 0.307 e. The van der Waals surface area contributed by atoms with Gasteiger partial charge in [-0.1, -0.05) is 35.0 Å². The number of rotatable bonds is 6. The minimum atomic E-state index is -0.781. The van der Waals surface area contributed by atoms with Crippen molar-refractivity contribution in [2.45, 2.75) is 13.5 Å². The Bertz CT molecular complexity index is 627. The van der Waals surface area contributed by atoms with E-state index in [1.165, 1.54) is 0 Å². The molecule has 0 amide bonds. The molecule has 21 heavy (non-hydrogen) atoms. The number of aromatic nitrogens is 2. The fourth-order valence-corrected chi connectivity index (χ4v) is 2.51. The van der Waals surface area contributed by atoms with Crippen LogP contribution in [0.4, 0.5) is 0 Å². The predicted molar refractivity (Wildman–Crippen MR) is 84.9 cm³/mol. The molecule has 1 aromatic carbocycles. The molecule has 0 aliphatic heterocycles. The first-order chi connectivity index (χ1) is 9.95. The molecule has 0 aliphatic carbocycles. The zero-order valence-electron chi connectivity index (χ0n) is 12.0. The van der Waals surface area contributed by atoms with Gasteiger partial charge in [0.05, 0.1) is 24.4 Å². The van der Waals surface area contributed by atoms with Gasteiger partial charge in [0.15, 0.2) is 0 Å². The molecule has 0 saturated heterocycles. The number of imidazole rings is 1. The number of nitrogens with zero attached hydrogens (tertiary/aromatic N) is 2. The normalized spacial score (nSPS) is 12.6. The number of H-pyrrole nitrogens is 1. The lowest BCUT2D eigenvalue weighted by Gasteiger charge is -2.17. The van der Waals surface area contributed by atoms with Gasteiger partial charge in [0, 0.05) is 16.6 Å². The Morgan fingerprint density at radius 1 is 1.52 bits per heavy atom. The zero-order chi connectivity index (χ0) is 15.4. The zero-order valence-corrected chi connectivity index (χ0v) is 13.6. The fourth-order valence-electron chi connectivity index (χ4n) is 2.11. The summed E-state index contributed by atoms with van der Waals surface area (Å²) in [4.78, 5) is 20.4. The first-order valence-corrected chi connectivity index (χ1v) is 7.46. The smallest absolute Gasteiger partial charge is 0.307 e. The lowest BCUT2D eigenvalue weighted by Crippen LogP contribution is -2.28. The van der Waals surface area contributed by atoms with Gasteiger partial charge in [-0.15, -0.1) is 0 Å². The first-order valence-electron chi connectivity index (χ1n) is 6.67. The summed E-state index contributed by atoms with van der Waals surface area (Å²) in [6.07, 6.45) is 1.80. The van der Waals surface area contributed by atoms with Crippen LogP contribution in [0.15, 0.2) is 34.9 Å². The highest BCUT2D eigenvalue weighted by molar-refractivity contribution is 9.10. The Balaban J connectivity index is 2.02. The summed E-state index contributed by atoms with van der Waals surface area (Å²) in [5, 5.41) is 8.92. The maximum atomic E-state index is 10.9. The van der Waals surface area contributed by atoms with Crippen molar-refractivity contribution < 1.29 is 9.90 Å². The van der Waals surface area contributed by atoms with E-state index in [9.17, 15) is 4.79 Å². The van der Waals surface area contributed by atoms with E-state index in [2.05, 4.69) is 25.9 Å². The van der Waals surface area contributed by atoms with Gasteiger partial charge in [0.1, 0.15) is 5.82 Å². The van der Waals surface area contributed by atoms with E-state index in [0.29, 0.717) is 13.1 Å². The number of nitrogens with one attached hydrogen (secondary N) is 1. The van der Waals surface area contributed by atoms with Crippen molar-refractivity contribution in [1.82, 2.24) is 14.9 Å². The Labute approximate surface area is 132 Å². The summed E-state index contributed by atoms with van der Waals surface area (Å²) < 4.78 is 1.02. The van der Waals surface area contributed by atoms with Crippen LogP contribution in [0.5, 0.6) is 0 Å². The minimum Gasteiger partial charge on any atom is -0.481 e. The SMILES string of the molecule is CC(CN(C)Cc1ncc(-c2cccc(Br)c2)[nH]1)C(=O)O. The van der Waals surface area contributed by atoms with Gasteiger partial charge in [0.25, 0.3) is 0 Å². The average Bonchev–Trinajstić information content (AvgIpc) is 2.86. The lowest BCUT2D eigenvalue weighted by molar-refractivity contribution is -0.141. The van der Waals surface area contributed by atoms with Crippen LogP contribution < -0.4 is 0 Å². The van der Waals surface area contributed by atoms with Crippen LogP contribution >= 0.6 is 15.9 Å². The molecule has 2 aromatic rings. The van der Waals surface area contributed by atoms with Gasteiger partial charge in [-0.2, -0.15) is 0 Å². The van der Waals surface area contributed by atoms with E-state index < -0.39 is 11.9 Å². The third-order valence-electron chi connectivity index (χ3n) is 3.19. The third-order valence-corrected chi connectivity index (χ3v) is 3.68. The van der Waals surface area contributed by atoms with Gasteiger partial charge in [-0.05, 0) is 19.2 Å². The number of carboxylic acids is 1. The number of hydrogen-bond acceptors (Lipinski definition) is 3. The Morgan fingerprint density at radius 3 is 2.95 bits per heavy atom. The average molecular weight is 352 g/mol. The molecule has 0 bridgehead atoms. The largest absolute Gasteiger partial charge is 0.481 e. The van der Waals surface area contributed by atoms with Crippen LogP contribution in [-0.4, -0.2) is 39.5 Å². The highest BCUT2D eigenvalue weighted by Crippen LogP contribution is 2.21. The molecule has 1 unspecified atom stereocenters. The fraction of sp³-hybridized carbons (Fsp3) is 0.333. The number of aliphatic carboxylic acids is 1. The molecule has 1 heterocycles. The van der Waals surface area contributed by atoms with Crippen LogP contribution in [0, 0.1) is 5.92 Å². The van der Waals surface area contributed by atoms with Gasteiger partial charge >= 0.3 is 5.97 Å². The monoisotopic (exact) mass is 351 g/mol. The summed E-state index contributed by atoms with van der Waals surface area (Å²) >= 11 is 3.45. The molecule has 2 N–H and O–H groups in total. The van der Waals surface area contributed by atoms with E-state index in [-0.39, 0.29) is 0 Å². The molecule has 5 nitrogen and oxygen atoms in total. The second kappa shape index (κ2) is 6.87. The lowest BCUT2D eigenvalue weighted by atomic mass is 10.2. The third kappa shape index (κ3) is 4.41. The van der Waals surface area contributed by atoms with Crippen molar-refractivity contribution in [2.75, 3.05) is 13.6 Å². The number of halogens is 1. The molecule has 0 saturated carbocycles. The molecule has 0 aliphatic rings. The standard InChI is InChI=1S/C15H18BrN3O2/c1-10(15(20)21)8-19(2)9-14-17-7-13(18-14)11-4-3-5-12(16)6-11/h3-7,10H,8-9H2,1-2H3,(H,17,18)(H,20,21). The predicted octanol–water partition coefficient (Wildman–Crippen LogP) is 2.99. The number of carboxylic acid groups (broad SMARTS) is 1. The molecule has 6 heteroatoms. The van der Waals surface area contributed by atoms with Crippen molar-refractivity contribution in [3.8, 4) is 11.3 Å². The van der Waals surface area contributed by atoms with E-state index >= 15 is 0 Å². The second-order valence-corrected chi connectivity index (χ2v) is 6.11. The van der Waals surface area contributed by atoms with E-state index in [1.807, 2.05) is 36.2 Å². The van der Waals surface area contributed by atoms with Gasteiger partial charge in [-0.3, -0.25) is 9.69 Å². The highest BCUT2D eigenvalue weighted by Gasteiger charge is 2.14. The van der Waals surface area contributed by atoms with Gasteiger partial charge in [-0.25, -0.2) is 4.98 Å². The Hall–Kier alpha value is -1.66. The summed E-state index contributed by atoms with van der Waals surface area (Å²) in [6, 6.07) is 7.98. The molecule has 0 radical (unpaired) electrons. The molecule has 2 rings (SSSR count). The Kier molecular flexibility index (Phi) is 5.14. The van der Waals surface area contributed by atoms with Crippen molar-refractivity contribution >= 4 is 21.9 Å². The van der Waals surface area contributed by atoms with Crippen molar-refractivity contribution in [3.05, 3.63) is 40.8 Å². The molecule has 1 aromatic heterocycles. The second-order valence-electron chi connectivity index (χ2n) is 5.19. The summed E-state index contributed by atoms with van der Waals surface area (Å²) in [5.74, 6) is -0.351. The summed E-state index contributed by atoms with van der Waals surface area (Å²) in [7, 11) is 1.89. The molecule has 0 spiro atoms. The van der Waals surface area contributed by atoms with Gasteiger partial charge in [0.2, 0.25) is 0 Å². The number of aromatic amines is 1. The Morgan fingerprint density at radius 2 is 2.29 bits per heavy atom. The number of carbonyl (C=O) groups is 1.